The topological polar surface area (TPSA) is 12.9 Å². The highest BCUT2D eigenvalue weighted by atomic mass is 79.9. The Morgan fingerprint density at radius 1 is 1.36 bits per heavy atom. The molecule has 2 rings (SSSR count). The molecule has 1 aliphatic rings. The summed E-state index contributed by atoms with van der Waals surface area (Å²) >= 11 is 3.62. The second kappa shape index (κ2) is 3.34. The predicted octanol–water partition coefficient (Wildman–Crippen LogP) is 4.02. The normalized spacial score (nSPS) is 17.1. The lowest BCUT2D eigenvalue weighted by Gasteiger charge is -2.19. The van der Waals surface area contributed by atoms with Gasteiger partial charge in [-0.05, 0) is 46.3 Å². The minimum absolute atomic E-state index is 0.126. The van der Waals surface area contributed by atoms with Crippen molar-refractivity contribution in [3.05, 3.63) is 28.0 Å². The highest BCUT2D eigenvalue weighted by molar-refractivity contribution is 9.10. The Kier molecular flexibility index (Phi) is 2.42. The van der Waals surface area contributed by atoms with Crippen LogP contribution in [0.3, 0.4) is 0 Å². The van der Waals surface area contributed by atoms with Gasteiger partial charge in [-0.1, -0.05) is 20.8 Å². The van der Waals surface area contributed by atoms with Crippen LogP contribution in [0.2, 0.25) is 0 Å². The van der Waals surface area contributed by atoms with Crippen molar-refractivity contribution in [2.45, 2.75) is 44.9 Å². The summed E-state index contributed by atoms with van der Waals surface area (Å²) in [6.45, 7) is 6.57. The summed E-state index contributed by atoms with van der Waals surface area (Å²) in [5, 5.41) is 0. The van der Waals surface area contributed by atoms with Crippen LogP contribution in [0.25, 0.3) is 0 Å². The van der Waals surface area contributed by atoms with Gasteiger partial charge in [0.2, 0.25) is 0 Å². The van der Waals surface area contributed by atoms with Crippen LogP contribution < -0.4 is 0 Å². The maximum Gasteiger partial charge on any atom is 0.0599 e. The average Bonchev–Trinajstić information content (AvgIpc) is 2.83. The zero-order valence-electron chi connectivity index (χ0n) is 8.97. The fraction of sp³-hybridized carbons (Fsp3) is 0.583. The number of pyridine rings is 1. The van der Waals surface area contributed by atoms with Crippen LogP contribution in [0.15, 0.2) is 16.7 Å². The van der Waals surface area contributed by atoms with E-state index in [2.05, 4.69) is 47.8 Å². The molecule has 1 fully saturated rings. The van der Waals surface area contributed by atoms with Crippen LogP contribution in [0.4, 0.5) is 0 Å². The molecule has 1 saturated carbocycles. The first-order valence-electron chi connectivity index (χ1n) is 5.14. The van der Waals surface area contributed by atoms with Gasteiger partial charge in [0.15, 0.2) is 0 Å². The van der Waals surface area contributed by atoms with Crippen molar-refractivity contribution in [3.63, 3.8) is 0 Å². The van der Waals surface area contributed by atoms with E-state index in [0.717, 1.165) is 16.1 Å². The van der Waals surface area contributed by atoms with Crippen LogP contribution in [-0.2, 0) is 5.41 Å². The van der Waals surface area contributed by atoms with Crippen molar-refractivity contribution < 1.29 is 0 Å². The van der Waals surface area contributed by atoms with Gasteiger partial charge in [-0.3, -0.25) is 4.98 Å². The monoisotopic (exact) mass is 253 g/mol. The number of nitrogens with zero attached hydrogens (tertiary/aromatic N) is 1. The van der Waals surface area contributed by atoms with Crippen LogP contribution >= 0.6 is 15.9 Å². The lowest BCUT2D eigenvalue weighted by Crippen LogP contribution is -2.14. The molecule has 76 valence electrons. The van der Waals surface area contributed by atoms with E-state index in [0.29, 0.717) is 0 Å². The lowest BCUT2D eigenvalue weighted by atomic mass is 9.91. The molecule has 0 aliphatic heterocycles. The van der Waals surface area contributed by atoms with E-state index in [1.54, 1.807) is 0 Å². The van der Waals surface area contributed by atoms with Gasteiger partial charge in [-0.15, -0.1) is 0 Å². The van der Waals surface area contributed by atoms with E-state index < -0.39 is 0 Å². The predicted molar refractivity (Wildman–Crippen MR) is 62.6 cm³/mol. The highest BCUT2D eigenvalue weighted by Gasteiger charge is 2.26. The summed E-state index contributed by atoms with van der Waals surface area (Å²) in [5.74, 6) is 0.785. The van der Waals surface area contributed by atoms with Gasteiger partial charge in [-0.25, -0.2) is 0 Å². The van der Waals surface area contributed by atoms with E-state index in [9.17, 15) is 0 Å². The Hall–Kier alpha value is -0.370. The molecular formula is C12H16BrN. The third-order valence-corrected chi connectivity index (χ3v) is 3.23. The Morgan fingerprint density at radius 2 is 2.00 bits per heavy atom. The Bertz CT molecular complexity index is 348. The standard InChI is InChI=1S/C12H16BrN/c1-12(2,3)11-10(13)6-9(7-14-11)8-4-5-8/h6-8H,4-5H2,1-3H3. The van der Waals surface area contributed by atoms with Gasteiger partial charge < -0.3 is 0 Å². The van der Waals surface area contributed by atoms with Crippen molar-refractivity contribution in [2.24, 2.45) is 0 Å². The van der Waals surface area contributed by atoms with Crippen molar-refractivity contribution in [3.8, 4) is 0 Å². The molecule has 1 aliphatic carbocycles. The molecule has 0 spiro atoms. The van der Waals surface area contributed by atoms with Crippen LogP contribution in [0.5, 0.6) is 0 Å². The third kappa shape index (κ3) is 2.00. The van der Waals surface area contributed by atoms with Gasteiger partial charge in [-0.2, -0.15) is 0 Å². The van der Waals surface area contributed by atoms with Crippen molar-refractivity contribution in [1.82, 2.24) is 4.98 Å². The molecule has 0 amide bonds. The molecule has 0 radical (unpaired) electrons. The van der Waals surface area contributed by atoms with Gasteiger partial charge in [0.1, 0.15) is 0 Å². The van der Waals surface area contributed by atoms with Gasteiger partial charge in [0.25, 0.3) is 0 Å². The molecule has 0 unspecified atom stereocenters. The van der Waals surface area contributed by atoms with Crippen LogP contribution in [-0.4, -0.2) is 4.98 Å². The first kappa shape index (κ1) is 10.2. The molecule has 14 heavy (non-hydrogen) atoms. The Labute approximate surface area is 94.1 Å². The second-order valence-corrected chi connectivity index (χ2v) is 5.98. The molecule has 1 aromatic rings. The maximum absolute atomic E-state index is 4.56. The van der Waals surface area contributed by atoms with Gasteiger partial charge in [0, 0.05) is 16.1 Å². The Morgan fingerprint density at radius 3 is 2.43 bits per heavy atom. The number of aromatic nitrogens is 1. The zero-order chi connectivity index (χ0) is 10.3. The summed E-state index contributed by atoms with van der Waals surface area (Å²) in [7, 11) is 0. The molecule has 0 N–H and O–H groups in total. The molecule has 1 aromatic heterocycles. The average molecular weight is 254 g/mol. The van der Waals surface area contributed by atoms with Crippen molar-refractivity contribution in [1.29, 1.82) is 0 Å². The molecule has 1 nitrogen and oxygen atoms in total. The van der Waals surface area contributed by atoms with E-state index >= 15 is 0 Å². The van der Waals surface area contributed by atoms with Crippen molar-refractivity contribution >= 4 is 15.9 Å². The minimum atomic E-state index is 0.126. The summed E-state index contributed by atoms with van der Waals surface area (Å²) in [6, 6.07) is 2.24. The van der Waals surface area contributed by atoms with E-state index in [1.165, 1.54) is 18.4 Å². The fourth-order valence-electron chi connectivity index (χ4n) is 1.64. The summed E-state index contributed by atoms with van der Waals surface area (Å²) in [4.78, 5) is 4.56. The number of hydrogen-bond donors (Lipinski definition) is 0. The number of rotatable bonds is 1. The first-order chi connectivity index (χ1) is 6.48. The van der Waals surface area contributed by atoms with E-state index in [4.69, 9.17) is 0 Å². The zero-order valence-corrected chi connectivity index (χ0v) is 10.6. The van der Waals surface area contributed by atoms with Crippen molar-refractivity contribution in [2.75, 3.05) is 0 Å². The fourth-order valence-corrected chi connectivity index (χ4v) is 2.61. The molecule has 0 bridgehead atoms. The smallest absolute Gasteiger partial charge is 0.0599 e. The van der Waals surface area contributed by atoms with Crippen LogP contribution in [0, 0.1) is 0 Å². The molecular weight excluding hydrogens is 238 g/mol. The third-order valence-electron chi connectivity index (χ3n) is 2.62. The SMILES string of the molecule is CC(C)(C)c1ncc(C2CC2)cc1Br. The molecule has 2 heteroatoms. The number of hydrogen-bond acceptors (Lipinski definition) is 1. The van der Waals surface area contributed by atoms with E-state index in [1.807, 2.05) is 6.20 Å². The van der Waals surface area contributed by atoms with Crippen LogP contribution in [0.1, 0.15) is 50.8 Å². The molecule has 0 aromatic carbocycles. The lowest BCUT2D eigenvalue weighted by molar-refractivity contribution is 0.564. The van der Waals surface area contributed by atoms with Gasteiger partial charge in [0.05, 0.1) is 5.69 Å². The largest absolute Gasteiger partial charge is 0.259 e. The quantitative estimate of drug-likeness (QED) is 0.737. The highest BCUT2D eigenvalue weighted by Crippen LogP contribution is 2.41. The molecule has 0 atom stereocenters. The number of halogens is 1. The summed E-state index contributed by atoms with van der Waals surface area (Å²) in [6.07, 6.45) is 4.72. The minimum Gasteiger partial charge on any atom is -0.259 e. The maximum atomic E-state index is 4.56. The second-order valence-electron chi connectivity index (χ2n) is 5.12. The Balaban J connectivity index is 2.35. The molecule has 1 heterocycles. The van der Waals surface area contributed by atoms with Gasteiger partial charge >= 0.3 is 0 Å². The summed E-state index contributed by atoms with van der Waals surface area (Å²) < 4.78 is 1.16. The summed E-state index contributed by atoms with van der Waals surface area (Å²) in [5.41, 5.74) is 2.67. The van der Waals surface area contributed by atoms with E-state index in [-0.39, 0.29) is 5.41 Å². The molecule has 0 saturated heterocycles. The first-order valence-corrected chi connectivity index (χ1v) is 5.93.